The van der Waals surface area contributed by atoms with Crippen LogP contribution in [-0.4, -0.2) is 41.4 Å². The van der Waals surface area contributed by atoms with Crippen molar-refractivity contribution in [1.82, 2.24) is 15.3 Å². The maximum Gasteiger partial charge on any atom is 0.418 e. The Morgan fingerprint density at radius 1 is 1.25 bits per heavy atom. The van der Waals surface area contributed by atoms with Crippen molar-refractivity contribution in [3.05, 3.63) is 47.3 Å². The van der Waals surface area contributed by atoms with Gasteiger partial charge in [0.25, 0.3) is 0 Å². The molecule has 28 heavy (non-hydrogen) atoms. The highest BCUT2D eigenvalue weighted by atomic mass is 19.4. The Hall–Kier alpha value is -2.68. The zero-order valence-corrected chi connectivity index (χ0v) is 15.0. The second kappa shape index (κ2) is 7.05. The molecular weight excluding hydrogens is 371 g/mol. The molecule has 1 aliphatic carbocycles. The van der Waals surface area contributed by atoms with E-state index in [9.17, 15) is 18.0 Å². The summed E-state index contributed by atoms with van der Waals surface area (Å²) in [7, 11) is 0. The second-order valence-corrected chi connectivity index (χ2v) is 7.17. The zero-order chi connectivity index (χ0) is 19.9. The van der Waals surface area contributed by atoms with Crippen LogP contribution in [0.4, 0.5) is 24.8 Å². The molecule has 0 radical (unpaired) electrons. The lowest BCUT2D eigenvalue weighted by molar-refractivity contribution is -0.138. The number of aromatic nitrogens is 2. The van der Waals surface area contributed by atoms with Gasteiger partial charge in [-0.25, -0.2) is 9.97 Å². The normalized spacial score (nSPS) is 20.2. The number of anilines is 2. The summed E-state index contributed by atoms with van der Waals surface area (Å²) in [6.07, 6.45) is -1.00. The first-order valence-corrected chi connectivity index (χ1v) is 9.16. The van der Waals surface area contributed by atoms with Crippen LogP contribution in [-0.2, 0) is 6.18 Å². The van der Waals surface area contributed by atoms with E-state index >= 15 is 0 Å². The summed E-state index contributed by atoms with van der Waals surface area (Å²) in [4.78, 5) is 22.7. The Morgan fingerprint density at radius 2 is 2.04 bits per heavy atom. The van der Waals surface area contributed by atoms with E-state index in [-0.39, 0.29) is 11.4 Å². The van der Waals surface area contributed by atoms with E-state index in [4.69, 9.17) is 5.73 Å². The largest absolute Gasteiger partial charge is 0.418 e. The topological polar surface area (TPSA) is 84.1 Å². The molecule has 0 bridgehead atoms. The predicted molar refractivity (Wildman–Crippen MR) is 98.0 cm³/mol. The average molecular weight is 391 g/mol. The summed E-state index contributed by atoms with van der Waals surface area (Å²) >= 11 is 0. The quantitative estimate of drug-likeness (QED) is 0.780. The molecule has 0 aromatic carbocycles. The van der Waals surface area contributed by atoms with E-state index in [0.29, 0.717) is 30.9 Å². The van der Waals surface area contributed by atoms with Crippen LogP contribution >= 0.6 is 0 Å². The summed E-state index contributed by atoms with van der Waals surface area (Å²) < 4.78 is 40.5. The Balaban J connectivity index is 1.71. The molecule has 6 nitrogen and oxygen atoms in total. The standard InChI is InChI=1S/C19H20F3N5O/c20-19(21,22)13-5-6-15(27-9-8-24-14(10-27)11-3-4-11)26-16(13)17(28)12-2-1-7-25-18(12)23/h1-2,5-7,11,14,24H,3-4,8-10H2,(H2,23,25). The van der Waals surface area contributed by atoms with Crippen LogP contribution in [0.1, 0.15) is 34.5 Å². The first kappa shape index (κ1) is 18.7. The molecule has 2 fully saturated rings. The van der Waals surface area contributed by atoms with Gasteiger partial charge >= 0.3 is 6.18 Å². The van der Waals surface area contributed by atoms with Gasteiger partial charge in [0, 0.05) is 31.9 Å². The predicted octanol–water partition coefficient (Wildman–Crippen LogP) is 2.50. The minimum Gasteiger partial charge on any atom is -0.383 e. The second-order valence-electron chi connectivity index (χ2n) is 7.17. The number of hydrogen-bond donors (Lipinski definition) is 2. The van der Waals surface area contributed by atoms with Gasteiger partial charge < -0.3 is 16.0 Å². The van der Waals surface area contributed by atoms with E-state index in [2.05, 4.69) is 15.3 Å². The van der Waals surface area contributed by atoms with Crippen LogP contribution in [0.2, 0.25) is 0 Å². The van der Waals surface area contributed by atoms with Gasteiger partial charge in [-0.15, -0.1) is 0 Å². The van der Waals surface area contributed by atoms with E-state index in [1.54, 1.807) is 0 Å². The van der Waals surface area contributed by atoms with Crippen LogP contribution in [0.25, 0.3) is 0 Å². The lowest BCUT2D eigenvalue weighted by Crippen LogP contribution is -2.52. The van der Waals surface area contributed by atoms with Gasteiger partial charge in [-0.2, -0.15) is 13.2 Å². The minimum atomic E-state index is -4.70. The molecule has 148 valence electrons. The molecule has 9 heteroatoms. The summed E-state index contributed by atoms with van der Waals surface area (Å²) in [6, 6.07) is 5.37. The third kappa shape index (κ3) is 3.66. The third-order valence-electron chi connectivity index (χ3n) is 5.20. The van der Waals surface area contributed by atoms with Crippen molar-refractivity contribution < 1.29 is 18.0 Å². The van der Waals surface area contributed by atoms with E-state index in [1.165, 1.54) is 24.4 Å². The first-order valence-electron chi connectivity index (χ1n) is 9.16. The van der Waals surface area contributed by atoms with Crippen LogP contribution in [0, 0.1) is 5.92 Å². The molecule has 1 saturated carbocycles. The lowest BCUT2D eigenvalue weighted by atomic mass is 10.0. The maximum absolute atomic E-state index is 13.5. The molecule has 2 aromatic rings. The van der Waals surface area contributed by atoms with Crippen molar-refractivity contribution in [2.24, 2.45) is 5.92 Å². The molecule has 3 N–H and O–H groups in total. The van der Waals surface area contributed by atoms with Crippen molar-refractivity contribution in [3.8, 4) is 0 Å². The lowest BCUT2D eigenvalue weighted by Gasteiger charge is -2.35. The number of pyridine rings is 2. The summed E-state index contributed by atoms with van der Waals surface area (Å²) in [6.45, 7) is 2.00. The van der Waals surface area contributed by atoms with Gasteiger partial charge in [-0.05, 0) is 43.0 Å². The van der Waals surface area contributed by atoms with Crippen LogP contribution < -0.4 is 16.0 Å². The Morgan fingerprint density at radius 3 is 2.71 bits per heavy atom. The third-order valence-corrected chi connectivity index (χ3v) is 5.20. The fraction of sp³-hybridized carbons (Fsp3) is 0.421. The highest BCUT2D eigenvalue weighted by molar-refractivity contribution is 6.11. The number of nitrogens with zero attached hydrogens (tertiary/aromatic N) is 3. The van der Waals surface area contributed by atoms with Crippen molar-refractivity contribution in [3.63, 3.8) is 0 Å². The Kier molecular flexibility index (Phi) is 4.70. The number of ketones is 1. The number of piperazine rings is 1. The molecule has 1 saturated heterocycles. The Bertz CT molecular complexity index is 897. The first-order chi connectivity index (χ1) is 13.3. The summed E-state index contributed by atoms with van der Waals surface area (Å²) in [5.74, 6) is -0.0306. The zero-order valence-electron chi connectivity index (χ0n) is 15.0. The van der Waals surface area contributed by atoms with Gasteiger partial charge in [0.15, 0.2) is 0 Å². The molecule has 1 atom stereocenters. The summed E-state index contributed by atoms with van der Waals surface area (Å²) in [5, 5.41) is 3.45. The van der Waals surface area contributed by atoms with Crippen molar-refractivity contribution in [2.75, 3.05) is 30.3 Å². The molecule has 0 amide bonds. The molecule has 4 rings (SSSR count). The van der Waals surface area contributed by atoms with Gasteiger partial charge in [-0.1, -0.05) is 0 Å². The van der Waals surface area contributed by atoms with Crippen LogP contribution in [0.3, 0.4) is 0 Å². The van der Waals surface area contributed by atoms with Crippen LogP contribution in [0.15, 0.2) is 30.5 Å². The fourth-order valence-corrected chi connectivity index (χ4v) is 3.56. The molecule has 2 aliphatic rings. The fourth-order valence-electron chi connectivity index (χ4n) is 3.56. The highest BCUT2D eigenvalue weighted by Crippen LogP contribution is 2.36. The molecule has 2 aromatic heterocycles. The van der Waals surface area contributed by atoms with E-state index in [0.717, 1.165) is 25.5 Å². The number of carbonyl (C=O) groups is 1. The molecule has 3 heterocycles. The number of halogens is 3. The molecule has 1 unspecified atom stereocenters. The van der Waals surface area contributed by atoms with Gasteiger partial charge in [0.1, 0.15) is 17.3 Å². The van der Waals surface area contributed by atoms with Crippen LogP contribution in [0.5, 0.6) is 0 Å². The number of nitrogens with one attached hydrogen (secondary N) is 1. The number of alkyl halides is 3. The SMILES string of the molecule is Nc1ncccc1C(=O)c1nc(N2CCNC(C3CC3)C2)ccc1C(F)(F)F. The van der Waals surface area contributed by atoms with Crippen molar-refractivity contribution in [2.45, 2.75) is 25.1 Å². The van der Waals surface area contributed by atoms with Crippen molar-refractivity contribution >= 4 is 17.4 Å². The van der Waals surface area contributed by atoms with E-state index < -0.39 is 23.2 Å². The number of rotatable bonds is 4. The maximum atomic E-state index is 13.5. The smallest absolute Gasteiger partial charge is 0.383 e. The van der Waals surface area contributed by atoms with Gasteiger partial charge in [0.2, 0.25) is 5.78 Å². The van der Waals surface area contributed by atoms with Crippen molar-refractivity contribution in [1.29, 1.82) is 0 Å². The minimum absolute atomic E-state index is 0.0891. The Labute approximate surface area is 160 Å². The number of nitrogen functional groups attached to an aromatic ring is 1. The molecule has 1 aliphatic heterocycles. The molecular formula is C19H20F3N5O. The average Bonchev–Trinajstić information content (AvgIpc) is 3.52. The number of nitrogens with two attached hydrogens (primary N) is 1. The van der Waals surface area contributed by atoms with E-state index in [1.807, 2.05) is 4.90 Å². The monoisotopic (exact) mass is 391 g/mol. The van der Waals surface area contributed by atoms with Gasteiger partial charge in [0.05, 0.1) is 11.1 Å². The number of carbonyl (C=O) groups excluding carboxylic acids is 1. The number of hydrogen-bond acceptors (Lipinski definition) is 6. The highest BCUT2D eigenvalue weighted by Gasteiger charge is 2.38. The summed E-state index contributed by atoms with van der Waals surface area (Å²) in [5.41, 5.74) is 3.89. The molecule has 0 spiro atoms. The van der Waals surface area contributed by atoms with Gasteiger partial charge in [-0.3, -0.25) is 4.79 Å².